The fourth-order valence-corrected chi connectivity index (χ4v) is 3.82. The van der Waals surface area contributed by atoms with Gasteiger partial charge >= 0.3 is 6.61 Å². The van der Waals surface area contributed by atoms with Crippen LogP contribution in [-0.2, 0) is 4.79 Å². The Balaban J connectivity index is 1.98. The summed E-state index contributed by atoms with van der Waals surface area (Å²) in [6.45, 7) is -1.58. The molecule has 0 radical (unpaired) electrons. The Hall–Kier alpha value is -3.38. The van der Waals surface area contributed by atoms with E-state index in [2.05, 4.69) is 14.7 Å². The average Bonchev–Trinajstić information content (AvgIpc) is 3.11. The summed E-state index contributed by atoms with van der Waals surface area (Å²) in [5, 5.41) is -0.0220. The van der Waals surface area contributed by atoms with Gasteiger partial charge in [0.1, 0.15) is 22.6 Å². The summed E-state index contributed by atoms with van der Waals surface area (Å²) in [4.78, 5) is 33.8. The zero-order valence-corrected chi connectivity index (χ0v) is 17.8. The van der Waals surface area contributed by atoms with Crippen LogP contribution in [0.4, 0.5) is 29.8 Å². The van der Waals surface area contributed by atoms with Crippen molar-refractivity contribution in [3.8, 4) is 5.88 Å². The van der Waals surface area contributed by atoms with E-state index in [-0.39, 0.29) is 38.0 Å². The summed E-state index contributed by atoms with van der Waals surface area (Å²) in [5.41, 5.74) is 11.6. The number of hydrogen-bond donors (Lipinski definition) is 2. The number of primary amides is 1. The number of rotatable bonds is 8. The molecule has 13 heteroatoms. The van der Waals surface area contributed by atoms with Crippen molar-refractivity contribution in [2.45, 2.75) is 19.6 Å². The fourth-order valence-electron chi connectivity index (χ4n) is 2.65. The molecule has 0 saturated heterocycles. The van der Waals surface area contributed by atoms with Crippen LogP contribution in [0, 0.1) is 5.82 Å². The van der Waals surface area contributed by atoms with Gasteiger partial charge in [-0.1, -0.05) is 22.9 Å². The molecule has 1 amide bonds. The molecule has 168 valence electrons. The summed E-state index contributed by atoms with van der Waals surface area (Å²) < 4.78 is 42.7. The molecule has 0 spiro atoms. The molecule has 0 aliphatic carbocycles. The quantitative estimate of drug-likeness (QED) is 0.465. The number of nitrogen functional groups attached to an aromatic ring is 1. The number of nitrogens with zero attached hydrogens (tertiary/aromatic N) is 3. The molecule has 2 aromatic heterocycles. The van der Waals surface area contributed by atoms with Gasteiger partial charge < -0.3 is 21.1 Å². The minimum atomic E-state index is -3.06. The molecular weight excluding hydrogens is 471 g/mol. The normalized spacial score (nSPS) is 11.9. The highest BCUT2D eigenvalue weighted by atomic mass is 35.5. The van der Waals surface area contributed by atoms with Crippen molar-refractivity contribution in [2.75, 3.05) is 10.6 Å². The number of amides is 1. The lowest BCUT2D eigenvalue weighted by Gasteiger charge is -2.26. The standard InChI is InChI=1S/C19H15ClF3N5O3S/c1-8(17(25)30)28(10-3-4-11(20)12(21)6-10)19-27-16(24)15(32-19)14(29)9-2-5-13(26-7-9)31-18(22)23/h2-8,18H,24H2,1H3,(H2,25,30). The van der Waals surface area contributed by atoms with Crippen LogP contribution >= 0.6 is 22.9 Å². The number of ether oxygens (including phenoxy) is 1. The SMILES string of the molecule is CC(C(N)=O)N(c1ccc(Cl)c(F)c1)c1nc(N)c(C(=O)c2ccc(OC(F)F)nc2)s1. The summed E-state index contributed by atoms with van der Waals surface area (Å²) in [6, 6.07) is 5.21. The first-order valence-corrected chi connectivity index (χ1v) is 10.0. The van der Waals surface area contributed by atoms with Crippen LogP contribution in [-0.4, -0.2) is 34.3 Å². The maximum atomic E-state index is 14.0. The largest absolute Gasteiger partial charge is 0.417 e. The molecule has 0 aliphatic heterocycles. The molecule has 1 unspecified atom stereocenters. The highest BCUT2D eigenvalue weighted by Gasteiger charge is 2.28. The lowest BCUT2D eigenvalue weighted by Crippen LogP contribution is -2.40. The van der Waals surface area contributed by atoms with E-state index in [0.717, 1.165) is 29.7 Å². The summed E-state index contributed by atoms with van der Waals surface area (Å²) in [7, 11) is 0. The molecular formula is C19H15ClF3N5O3S. The summed E-state index contributed by atoms with van der Waals surface area (Å²) in [5.74, 6) is -2.57. The predicted octanol–water partition coefficient (Wildman–Crippen LogP) is 3.76. The van der Waals surface area contributed by atoms with Gasteiger partial charge in [0.15, 0.2) is 5.13 Å². The number of benzene rings is 1. The number of nitrogens with two attached hydrogens (primary N) is 2. The Kier molecular flexibility index (Phi) is 6.84. The molecule has 3 aromatic rings. The van der Waals surface area contributed by atoms with Crippen LogP contribution < -0.4 is 21.1 Å². The number of carbonyl (C=O) groups excluding carboxylic acids is 2. The summed E-state index contributed by atoms with van der Waals surface area (Å²) >= 11 is 6.57. The van der Waals surface area contributed by atoms with Crippen molar-refractivity contribution in [2.24, 2.45) is 5.73 Å². The molecule has 32 heavy (non-hydrogen) atoms. The van der Waals surface area contributed by atoms with E-state index in [1.807, 2.05) is 0 Å². The molecule has 3 rings (SSSR count). The minimum absolute atomic E-state index is 0.000402. The number of pyridine rings is 1. The van der Waals surface area contributed by atoms with Crippen LogP contribution in [0.5, 0.6) is 5.88 Å². The molecule has 4 N–H and O–H groups in total. The van der Waals surface area contributed by atoms with E-state index < -0.39 is 30.2 Å². The molecule has 0 fully saturated rings. The van der Waals surface area contributed by atoms with E-state index in [4.69, 9.17) is 23.1 Å². The van der Waals surface area contributed by atoms with Crippen molar-refractivity contribution >= 4 is 51.3 Å². The number of hydrogen-bond acceptors (Lipinski definition) is 8. The maximum absolute atomic E-state index is 14.0. The van der Waals surface area contributed by atoms with Crippen molar-refractivity contribution < 1.29 is 27.5 Å². The lowest BCUT2D eigenvalue weighted by molar-refractivity contribution is -0.118. The highest BCUT2D eigenvalue weighted by molar-refractivity contribution is 7.18. The minimum Gasteiger partial charge on any atom is -0.417 e. The van der Waals surface area contributed by atoms with Crippen LogP contribution in [0.2, 0.25) is 5.02 Å². The Bertz CT molecular complexity index is 1160. The average molecular weight is 486 g/mol. The van der Waals surface area contributed by atoms with E-state index in [0.29, 0.717) is 0 Å². The Morgan fingerprint density at radius 3 is 2.53 bits per heavy atom. The van der Waals surface area contributed by atoms with E-state index in [1.54, 1.807) is 0 Å². The van der Waals surface area contributed by atoms with E-state index >= 15 is 0 Å². The van der Waals surface area contributed by atoms with Gasteiger partial charge in [-0.25, -0.2) is 14.4 Å². The van der Waals surface area contributed by atoms with Gasteiger partial charge in [-0.05, 0) is 31.2 Å². The van der Waals surface area contributed by atoms with Gasteiger partial charge in [0.05, 0.1) is 5.02 Å². The van der Waals surface area contributed by atoms with E-state index in [1.165, 1.54) is 30.0 Å². The van der Waals surface area contributed by atoms with Gasteiger partial charge in [-0.15, -0.1) is 0 Å². The third kappa shape index (κ3) is 4.92. The third-order valence-corrected chi connectivity index (χ3v) is 5.62. The molecule has 1 aromatic carbocycles. The second-order valence-electron chi connectivity index (χ2n) is 6.35. The second-order valence-corrected chi connectivity index (χ2v) is 7.74. The van der Waals surface area contributed by atoms with Crippen LogP contribution in [0.15, 0.2) is 36.5 Å². The number of halogens is 4. The number of anilines is 3. The molecule has 0 aliphatic rings. The predicted molar refractivity (Wildman–Crippen MR) is 113 cm³/mol. The second kappa shape index (κ2) is 9.40. The van der Waals surface area contributed by atoms with Crippen LogP contribution in [0.25, 0.3) is 0 Å². The van der Waals surface area contributed by atoms with Gasteiger partial charge in [0, 0.05) is 23.5 Å². The van der Waals surface area contributed by atoms with Gasteiger partial charge in [0.2, 0.25) is 17.6 Å². The van der Waals surface area contributed by atoms with Crippen molar-refractivity contribution in [1.82, 2.24) is 9.97 Å². The number of thiazole rings is 1. The van der Waals surface area contributed by atoms with Gasteiger partial charge in [-0.3, -0.25) is 9.59 Å². The van der Waals surface area contributed by atoms with Crippen molar-refractivity contribution in [3.05, 3.63) is 57.8 Å². The van der Waals surface area contributed by atoms with Crippen LogP contribution in [0.1, 0.15) is 22.2 Å². The molecule has 8 nitrogen and oxygen atoms in total. The molecule has 1 atom stereocenters. The summed E-state index contributed by atoms with van der Waals surface area (Å²) in [6.07, 6.45) is 1.05. The molecule has 0 bridgehead atoms. The van der Waals surface area contributed by atoms with Crippen LogP contribution in [0.3, 0.4) is 0 Å². The topological polar surface area (TPSA) is 124 Å². The number of aromatic nitrogens is 2. The first-order valence-electron chi connectivity index (χ1n) is 8.84. The Labute approximate surface area is 188 Å². The zero-order valence-electron chi connectivity index (χ0n) is 16.3. The lowest BCUT2D eigenvalue weighted by atomic mass is 10.1. The van der Waals surface area contributed by atoms with E-state index in [9.17, 15) is 22.8 Å². The Morgan fingerprint density at radius 1 is 1.25 bits per heavy atom. The fraction of sp³-hybridized carbons (Fsp3) is 0.158. The first-order chi connectivity index (χ1) is 15.1. The monoisotopic (exact) mass is 485 g/mol. The molecule has 2 heterocycles. The highest BCUT2D eigenvalue weighted by Crippen LogP contribution is 2.36. The Morgan fingerprint density at radius 2 is 1.97 bits per heavy atom. The van der Waals surface area contributed by atoms with Crippen molar-refractivity contribution in [1.29, 1.82) is 0 Å². The third-order valence-electron chi connectivity index (χ3n) is 4.24. The van der Waals surface area contributed by atoms with Gasteiger partial charge in [0.25, 0.3) is 0 Å². The molecule has 0 saturated carbocycles. The van der Waals surface area contributed by atoms with Gasteiger partial charge in [-0.2, -0.15) is 8.78 Å². The number of carbonyl (C=O) groups is 2. The zero-order chi connectivity index (χ0) is 23.6. The number of ketones is 1. The van der Waals surface area contributed by atoms with Crippen molar-refractivity contribution in [3.63, 3.8) is 0 Å². The maximum Gasteiger partial charge on any atom is 0.388 e. The smallest absolute Gasteiger partial charge is 0.388 e. The number of alkyl halides is 2. The first kappa shape index (κ1) is 23.3.